The number of nitrogens with zero attached hydrogens (tertiary/aromatic N) is 1. The molecule has 0 saturated carbocycles. The van der Waals surface area contributed by atoms with Gasteiger partial charge in [-0.15, -0.1) is 0 Å². The second-order valence-electron chi connectivity index (χ2n) is 8.05. The first kappa shape index (κ1) is 23.9. The molecule has 1 aliphatic rings. The molecule has 1 atom stereocenters. The molecule has 1 aliphatic heterocycles. The van der Waals surface area contributed by atoms with Gasteiger partial charge < -0.3 is 14.8 Å². The second kappa shape index (κ2) is 10.4. The van der Waals surface area contributed by atoms with Crippen LogP contribution in [0.15, 0.2) is 77.7 Å². The summed E-state index contributed by atoms with van der Waals surface area (Å²) >= 11 is 0. The summed E-state index contributed by atoms with van der Waals surface area (Å²) in [7, 11) is -2.31. The van der Waals surface area contributed by atoms with Crippen LogP contribution in [0.25, 0.3) is 0 Å². The number of hydrogen-bond acceptors (Lipinski definition) is 5. The lowest BCUT2D eigenvalue weighted by molar-refractivity contribution is 0.0730. The van der Waals surface area contributed by atoms with Gasteiger partial charge in [-0.25, -0.2) is 8.42 Å². The van der Waals surface area contributed by atoms with Crippen LogP contribution in [0.5, 0.6) is 5.75 Å². The van der Waals surface area contributed by atoms with Crippen LogP contribution in [0.2, 0.25) is 0 Å². The fraction of sp³-hybridized carbons (Fsp3) is 0.269. The highest BCUT2D eigenvalue weighted by molar-refractivity contribution is 7.89. The van der Waals surface area contributed by atoms with Crippen LogP contribution in [0, 0.1) is 6.92 Å². The Morgan fingerprint density at radius 1 is 1.00 bits per heavy atom. The van der Waals surface area contributed by atoms with Crippen molar-refractivity contribution < 1.29 is 22.7 Å². The van der Waals surface area contributed by atoms with E-state index in [9.17, 15) is 13.2 Å². The largest absolute Gasteiger partial charge is 0.496 e. The lowest BCUT2D eigenvalue weighted by Crippen LogP contribution is -2.40. The number of amides is 1. The molecule has 4 rings (SSSR count). The number of nitrogens with one attached hydrogen (secondary N) is 1. The van der Waals surface area contributed by atoms with Gasteiger partial charge >= 0.3 is 0 Å². The molecule has 8 heteroatoms. The number of rotatable bonds is 7. The average molecular weight is 481 g/mol. The fourth-order valence-corrected chi connectivity index (χ4v) is 5.50. The number of aryl methyl sites for hydroxylation is 1. The SMILES string of the molecule is COc1ccc(S(=O)(=O)N2CCOCC2)cc1C(=O)N[C@H](c1ccccc1)c1ccccc1C. The molecule has 0 aliphatic carbocycles. The minimum absolute atomic E-state index is 0.0486. The molecule has 0 aromatic heterocycles. The smallest absolute Gasteiger partial charge is 0.255 e. The maximum absolute atomic E-state index is 13.5. The Kier molecular flexibility index (Phi) is 7.31. The lowest BCUT2D eigenvalue weighted by Gasteiger charge is -2.26. The molecule has 1 fully saturated rings. The zero-order chi connectivity index (χ0) is 24.1. The normalized spacial score (nSPS) is 15.5. The number of benzene rings is 3. The van der Waals surface area contributed by atoms with Crippen LogP contribution in [0.3, 0.4) is 0 Å². The van der Waals surface area contributed by atoms with Crippen LogP contribution in [0.4, 0.5) is 0 Å². The molecule has 178 valence electrons. The summed E-state index contributed by atoms with van der Waals surface area (Å²) in [6.07, 6.45) is 0. The maximum Gasteiger partial charge on any atom is 0.255 e. The summed E-state index contributed by atoms with van der Waals surface area (Å²) in [5.74, 6) is -0.122. The zero-order valence-corrected chi connectivity index (χ0v) is 20.0. The van der Waals surface area contributed by atoms with Gasteiger partial charge in [-0.05, 0) is 41.8 Å². The molecule has 1 amide bonds. The van der Waals surface area contributed by atoms with Crippen LogP contribution in [-0.4, -0.2) is 52.0 Å². The standard InChI is InChI=1S/C26H28N2O5S/c1-19-8-6-7-11-22(19)25(20-9-4-3-5-10-20)27-26(29)23-18-21(12-13-24(23)32-2)34(30,31)28-14-16-33-17-15-28/h3-13,18,25H,14-17H2,1-2H3,(H,27,29)/t25-/m1/s1. The second-order valence-corrected chi connectivity index (χ2v) is 9.99. The van der Waals surface area contributed by atoms with Gasteiger partial charge in [0.25, 0.3) is 5.91 Å². The Hall–Kier alpha value is -3.20. The number of ether oxygens (including phenoxy) is 2. The predicted molar refractivity (Wildman–Crippen MR) is 130 cm³/mol. The van der Waals surface area contributed by atoms with E-state index in [1.165, 1.54) is 29.6 Å². The average Bonchev–Trinajstić information content (AvgIpc) is 2.88. The highest BCUT2D eigenvalue weighted by Crippen LogP contribution is 2.29. The third-order valence-corrected chi connectivity index (χ3v) is 7.83. The molecule has 0 spiro atoms. The first-order valence-electron chi connectivity index (χ1n) is 11.1. The van der Waals surface area contributed by atoms with E-state index in [2.05, 4.69) is 5.32 Å². The first-order chi connectivity index (χ1) is 16.4. The van der Waals surface area contributed by atoms with E-state index in [-0.39, 0.29) is 23.5 Å². The minimum Gasteiger partial charge on any atom is -0.496 e. The van der Waals surface area contributed by atoms with Crippen LogP contribution < -0.4 is 10.1 Å². The summed E-state index contributed by atoms with van der Waals surface area (Å²) in [5.41, 5.74) is 3.07. The summed E-state index contributed by atoms with van der Waals surface area (Å²) in [5, 5.41) is 3.09. The molecule has 0 unspecified atom stereocenters. The highest BCUT2D eigenvalue weighted by Gasteiger charge is 2.29. The van der Waals surface area contributed by atoms with E-state index >= 15 is 0 Å². The van der Waals surface area contributed by atoms with E-state index in [1.54, 1.807) is 0 Å². The topological polar surface area (TPSA) is 84.9 Å². The van der Waals surface area contributed by atoms with Gasteiger partial charge in [-0.2, -0.15) is 4.31 Å². The number of methoxy groups -OCH3 is 1. The van der Waals surface area contributed by atoms with Crippen molar-refractivity contribution in [2.75, 3.05) is 33.4 Å². The van der Waals surface area contributed by atoms with Gasteiger partial charge in [0.1, 0.15) is 5.75 Å². The molecule has 1 N–H and O–H groups in total. The minimum atomic E-state index is -3.76. The van der Waals surface area contributed by atoms with Gasteiger partial charge in [-0.3, -0.25) is 4.79 Å². The Morgan fingerprint density at radius 3 is 2.35 bits per heavy atom. The van der Waals surface area contributed by atoms with Gasteiger partial charge in [0.15, 0.2) is 0 Å². The van der Waals surface area contributed by atoms with E-state index in [1.807, 2.05) is 61.5 Å². The molecule has 0 bridgehead atoms. The quantitative estimate of drug-likeness (QED) is 0.559. The monoisotopic (exact) mass is 480 g/mol. The number of carbonyl (C=O) groups is 1. The van der Waals surface area contributed by atoms with Gasteiger partial charge in [0.2, 0.25) is 10.0 Å². The van der Waals surface area contributed by atoms with Gasteiger partial charge in [0.05, 0.1) is 36.8 Å². The predicted octanol–water partition coefficient (Wildman–Crippen LogP) is 3.54. The van der Waals surface area contributed by atoms with E-state index in [0.717, 1.165) is 16.7 Å². The Balaban J connectivity index is 1.71. The molecule has 3 aromatic carbocycles. The third kappa shape index (κ3) is 4.99. The van der Waals surface area contributed by atoms with Crippen molar-refractivity contribution in [1.82, 2.24) is 9.62 Å². The molecule has 1 saturated heterocycles. The molecular weight excluding hydrogens is 452 g/mol. The summed E-state index contributed by atoms with van der Waals surface area (Å²) in [6.45, 7) is 3.24. The fourth-order valence-electron chi connectivity index (χ4n) is 4.07. The maximum atomic E-state index is 13.5. The van der Waals surface area contributed by atoms with Crippen molar-refractivity contribution >= 4 is 15.9 Å². The molecule has 0 radical (unpaired) electrons. The zero-order valence-electron chi connectivity index (χ0n) is 19.2. The third-order valence-electron chi connectivity index (χ3n) is 5.93. The lowest BCUT2D eigenvalue weighted by atomic mass is 9.94. The summed E-state index contributed by atoms with van der Waals surface area (Å²) in [6, 6.07) is 21.5. The Bertz CT molecular complexity index is 1260. The van der Waals surface area contributed by atoms with E-state index in [4.69, 9.17) is 9.47 Å². The number of sulfonamides is 1. The van der Waals surface area contributed by atoms with Gasteiger partial charge in [-0.1, -0.05) is 54.6 Å². The molecular formula is C26H28N2O5S. The van der Waals surface area contributed by atoms with Crippen LogP contribution in [-0.2, 0) is 14.8 Å². The number of morpholine rings is 1. The van der Waals surface area contributed by atoms with E-state index in [0.29, 0.717) is 19.0 Å². The Morgan fingerprint density at radius 2 is 1.68 bits per heavy atom. The number of carbonyl (C=O) groups excluding carboxylic acids is 1. The summed E-state index contributed by atoms with van der Waals surface area (Å²) in [4.78, 5) is 13.6. The molecule has 1 heterocycles. The van der Waals surface area contributed by atoms with E-state index < -0.39 is 22.0 Å². The first-order valence-corrected chi connectivity index (χ1v) is 12.5. The van der Waals surface area contributed by atoms with Crippen LogP contribution >= 0.6 is 0 Å². The number of hydrogen-bond donors (Lipinski definition) is 1. The molecule has 7 nitrogen and oxygen atoms in total. The Labute approximate surface area is 200 Å². The van der Waals surface area contributed by atoms with Crippen molar-refractivity contribution in [1.29, 1.82) is 0 Å². The molecule has 34 heavy (non-hydrogen) atoms. The van der Waals surface area contributed by atoms with Crippen molar-refractivity contribution in [2.24, 2.45) is 0 Å². The van der Waals surface area contributed by atoms with Gasteiger partial charge in [0, 0.05) is 13.1 Å². The van der Waals surface area contributed by atoms with Crippen molar-refractivity contribution in [3.05, 3.63) is 95.1 Å². The molecule has 3 aromatic rings. The summed E-state index contributed by atoms with van der Waals surface area (Å²) < 4.78 is 38.4. The highest BCUT2D eigenvalue weighted by atomic mass is 32.2. The van der Waals surface area contributed by atoms with Crippen LogP contribution in [0.1, 0.15) is 33.1 Å². The van der Waals surface area contributed by atoms with Crippen molar-refractivity contribution in [3.63, 3.8) is 0 Å². The van der Waals surface area contributed by atoms with Crippen molar-refractivity contribution in [2.45, 2.75) is 17.9 Å². The van der Waals surface area contributed by atoms with Crippen molar-refractivity contribution in [3.8, 4) is 5.75 Å².